The van der Waals surface area contributed by atoms with E-state index in [1.807, 2.05) is 30.3 Å². The van der Waals surface area contributed by atoms with Crippen LogP contribution in [-0.4, -0.2) is 20.1 Å². The molecule has 0 amide bonds. The zero-order chi connectivity index (χ0) is 24.0. The number of aromatic hydroxyl groups is 1. The Kier molecular flexibility index (Phi) is 7.66. The van der Waals surface area contributed by atoms with Crippen LogP contribution in [0.3, 0.4) is 0 Å². The van der Waals surface area contributed by atoms with Gasteiger partial charge in [-0.05, 0) is 42.2 Å². The molecule has 0 unspecified atom stereocenters. The van der Waals surface area contributed by atoms with E-state index in [2.05, 4.69) is 67.4 Å². The maximum Gasteiger partial charge on any atom is 0.147 e. The standard InChI is InChI=1S/C30H37N3O/c1-4-5-6-7-8-9-11-16-23-21-25(30(2,3)24-17-12-10-13-18-24)29(34)28(22-23)33-31-26-19-14-15-20-27(26)32-33/h10,12-15,17-22,34H,4-9,11,16H2,1-3H3. The van der Waals surface area contributed by atoms with Gasteiger partial charge in [0.25, 0.3) is 0 Å². The van der Waals surface area contributed by atoms with Crippen molar-refractivity contribution in [2.45, 2.75) is 77.6 Å². The first-order valence-corrected chi connectivity index (χ1v) is 12.7. The molecule has 0 atom stereocenters. The van der Waals surface area contributed by atoms with Crippen molar-refractivity contribution in [3.63, 3.8) is 0 Å². The summed E-state index contributed by atoms with van der Waals surface area (Å²) in [5.74, 6) is 0.248. The minimum Gasteiger partial charge on any atom is -0.505 e. The van der Waals surface area contributed by atoms with Gasteiger partial charge >= 0.3 is 0 Å². The summed E-state index contributed by atoms with van der Waals surface area (Å²) in [6, 6.07) is 22.5. The number of unbranched alkanes of at least 4 members (excludes halogenated alkanes) is 6. The molecule has 34 heavy (non-hydrogen) atoms. The number of nitrogens with zero attached hydrogens (tertiary/aromatic N) is 3. The van der Waals surface area contributed by atoms with Crippen molar-refractivity contribution in [3.8, 4) is 11.4 Å². The topological polar surface area (TPSA) is 50.9 Å². The van der Waals surface area contributed by atoms with Crippen molar-refractivity contribution in [1.82, 2.24) is 15.0 Å². The van der Waals surface area contributed by atoms with Gasteiger partial charge in [-0.1, -0.05) is 108 Å². The Balaban J connectivity index is 1.67. The molecule has 3 aromatic carbocycles. The molecule has 0 bridgehead atoms. The number of hydrogen-bond acceptors (Lipinski definition) is 3. The molecule has 4 aromatic rings. The SMILES string of the molecule is CCCCCCCCCc1cc(-n2nc3ccccc3n2)c(O)c(C(C)(C)c2ccccc2)c1. The first-order chi connectivity index (χ1) is 16.5. The van der Waals surface area contributed by atoms with Crippen molar-refractivity contribution in [1.29, 1.82) is 0 Å². The second kappa shape index (κ2) is 10.9. The smallest absolute Gasteiger partial charge is 0.147 e. The van der Waals surface area contributed by atoms with Crippen molar-refractivity contribution < 1.29 is 5.11 Å². The molecule has 0 aliphatic rings. The molecular formula is C30H37N3O. The highest BCUT2D eigenvalue weighted by Crippen LogP contribution is 2.40. The first-order valence-electron chi connectivity index (χ1n) is 12.7. The second-order valence-electron chi connectivity index (χ2n) is 9.85. The highest BCUT2D eigenvalue weighted by molar-refractivity contribution is 5.74. The molecule has 1 aromatic heterocycles. The molecule has 0 saturated heterocycles. The van der Waals surface area contributed by atoms with Crippen LogP contribution in [0, 0.1) is 0 Å². The van der Waals surface area contributed by atoms with E-state index >= 15 is 0 Å². The highest BCUT2D eigenvalue weighted by Gasteiger charge is 2.29. The van der Waals surface area contributed by atoms with Gasteiger partial charge in [0.2, 0.25) is 0 Å². The Morgan fingerprint density at radius 2 is 1.35 bits per heavy atom. The molecule has 4 rings (SSSR count). The van der Waals surface area contributed by atoms with E-state index in [9.17, 15) is 5.11 Å². The van der Waals surface area contributed by atoms with Crippen LogP contribution in [0.5, 0.6) is 5.75 Å². The van der Waals surface area contributed by atoms with Crippen LogP contribution in [0.2, 0.25) is 0 Å². The molecule has 4 heteroatoms. The van der Waals surface area contributed by atoms with Crippen molar-refractivity contribution >= 4 is 11.0 Å². The summed E-state index contributed by atoms with van der Waals surface area (Å²) in [5.41, 5.74) is 5.24. The van der Waals surface area contributed by atoms with E-state index in [0.717, 1.165) is 29.4 Å². The summed E-state index contributed by atoms with van der Waals surface area (Å²) in [7, 11) is 0. The van der Waals surface area contributed by atoms with Crippen LogP contribution in [0.25, 0.3) is 16.7 Å². The van der Waals surface area contributed by atoms with E-state index in [1.165, 1.54) is 49.7 Å². The third-order valence-electron chi connectivity index (χ3n) is 6.89. The Morgan fingerprint density at radius 3 is 2.00 bits per heavy atom. The molecule has 178 valence electrons. The second-order valence-corrected chi connectivity index (χ2v) is 9.85. The number of aryl methyl sites for hydroxylation is 1. The summed E-state index contributed by atoms with van der Waals surface area (Å²) in [4.78, 5) is 1.60. The Bertz CT molecular complexity index is 1180. The molecule has 0 fully saturated rings. The summed E-state index contributed by atoms with van der Waals surface area (Å²) < 4.78 is 0. The summed E-state index contributed by atoms with van der Waals surface area (Å²) in [6.45, 7) is 6.60. The molecule has 1 N–H and O–H groups in total. The molecule has 1 heterocycles. The number of phenolic OH excluding ortho intramolecular Hbond substituents is 1. The fourth-order valence-corrected chi connectivity index (χ4v) is 4.71. The zero-order valence-electron chi connectivity index (χ0n) is 20.8. The first kappa shape index (κ1) is 24.0. The monoisotopic (exact) mass is 455 g/mol. The number of benzene rings is 3. The molecule has 0 aliphatic heterocycles. The molecular weight excluding hydrogens is 418 g/mol. The lowest BCUT2D eigenvalue weighted by Gasteiger charge is -2.28. The largest absolute Gasteiger partial charge is 0.505 e. The molecule has 0 radical (unpaired) electrons. The summed E-state index contributed by atoms with van der Waals surface area (Å²) in [5, 5.41) is 20.8. The lowest BCUT2D eigenvalue weighted by molar-refractivity contribution is 0.446. The fourth-order valence-electron chi connectivity index (χ4n) is 4.71. The summed E-state index contributed by atoms with van der Waals surface area (Å²) in [6.07, 6.45) is 9.95. The molecule has 0 aliphatic carbocycles. The van der Waals surface area contributed by atoms with Crippen molar-refractivity contribution in [2.24, 2.45) is 0 Å². The Hall–Kier alpha value is -3.14. The van der Waals surface area contributed by atoms with Gasteiger partial charge in [-0.25, -0.2) is 0 Å². The van der Waals surface area contributed by atoms with Crippen molar-refractivity contribution in [2.75, 3.05) is 0 Å². The van der Waals surface area contributed by atoms with E-state index in [-0.39, 0.29) is 11.2 Å². The molecule has 4 nitrogen and oxygen atoms in total. The van der Waals surface area contributed by atoms with Gasteiger partial charge < -0.3 is 5.11 Å². The van der Waals surface area contributed by atoms with Gasteiger partial charge in [0.05, 0.1) is 0 Å². The minimum atomic E-state index is -0.358. The van der Waals surface area contributed by atoms with Crippen LogP contribution in [0.15, 0.2) is 66.7 Å². The maximum absolute atomic E-state index is 11.5. The summed E-state index contributed by atoms with van der Waals surface area (Å²) >= 11 is 0. The van der Waals surface area contributed by atoms with E-state index < -0.39 is 0 Å². The Labute approximate surface area is 203 Å². The third-order valence-corrected chi connectivity index (χ3v) is 6.89. The van der Waals surface area contributed by atoms with Gasteiger partial charge in [0.1, 0.15) is 22.5 Å². The van der Waals surface area contributed by atoms with Crippen LogP contribution < -0.4 is 0 Å². The van der Waals surface area contributed by atoms with Gasteiger partial charge in [0, 0.05) is 11.0 Å². The predicted octanol–water partition coefficient (Wildman–Crippen LogP) is 7.75. The van der Waals surface area contributed by atoms with Gasteiger partial charge in [-0.15, -0.1) is 15.0 Å². The number of phenols is 1. The van der Waals surface area contributed by atoms with E-state index in [1.54, 1.807) is 4.80 Å². The van der Waals surface area contributed by atoms with Crippen LogP contribution in [0.1, 0.15) is 82.4 Å². The maximum atomic E-state index is 11.5. The number of fused-ring (bicyclic) bond motifs is 1. The minimum absolute atomic E-state index is 0.248. The van der Waals surface area contributed by atoms with Crippen LogP contribution in [-0.2, 0) is 11.8 Å². The predicted molar refractivity (Wildman–Crippen MR) is 141 cm³/mol. The Morgan fingerprint density at radius 1 is 0.765 bits per heavy atom. The number of hydrogen-bond donors (Lipinski definition) is 1. The lowest BCUT2D eigenvalue weighted by Crippen LogP contribution is -2.20. The third kappa shape index (κ3) is 5.32. The number of rotatable bonds is 11. The fraction of sp³-hybridized carbons (Fsp3) is 0.400. The lowest BCUT2D eigenvalue weighted by atomic mass is 9.76. The zero-order valence-corrected chi connectivity index (χ0v) is 20.8. The molecule has 0 saturated carbocycles. The molecule has 0 spiro atoms. The van der Waals surface area contributed by atoms with Crippen LogP contribution in [0.4, 0.5) is 0 Å². The average molecular weight is 456 g/mol. The quantitative estimate of drug-likeness (QED) is 0.235. The highest BCUT2D eigenvalue weighted by atomic mass is 16.3. The van der Waals surface area contributed by atoms with Gasteiger partial charge in [0.15, 0.2) is 0 Å². The van der Waals surface area contributed by atoms with E-state index in [4.69, 9.17) is 0 Å². The van der Waals surface area contributed by atoms with E-state index in [0.29, 0.717) is 5.69 Å². The number of aromatic nitrogens is 3. The van der Waals surface area contributed by atoms with Crippen LogP contribution >= 0.6 is 0 Å². The normalized spacial score (nSPS) is 11.9. The van der Waals surface area contributed by atoms with Gasteiger partial charge in [-0.3, -0.25) is 0 Å². The van der Waals surface area contributed by atoms with Crippen molar-refractivity contribution in [3.05, 3.63) is 83.4 Å². The van der Waals surface area contributed by atoms with Gasteiger partial charge in [-0.2, -0.15) is 0 Å². The average Bonchev–Trinajstić information content (AvgIpc) is 3.29.